The molecule has 0 fully saturated rings. The molecule has 2 unspecified atom stereocenters. The molecule has 0 spiro atoms. The van der Waals surface area contributed by atoms with Gasteiger partial charge in [-0.05, 0) is 54.0 Å². The van der Waals surface area contributed by atoms with Crippen LogP contribution in [0.1, 0.15) is 22.3 Å². The highest BCUT2D eigenvalue weighted by atomic mass is 32.2. The average molecular weight is 566 g/mol. The summed E-state index contributed by atoms with van der Waals surface area (Å²) in [5.74, 6) is 1.54. The van der Waals surface area contributed by atoms with Crippen molar-refractivity contribution in [1.82, 2.24) is 9.80 Å². The first-order valence-electron chi connectivity index (χ1n) is 12.3. The van der Waals surface area contributed by atoms with Crippen molar-refractivity contribution in [3.63, 3.8) is 0 Å². The molecule has 3 rings (SSSR count). The summed E-state index contributed by atoms with van der Waals surface area (Å²) in [7, 11) is 0.767. The first-order chi connectivity index (χ1) is 18.6. The lowest BCUT2D eigenvalue weighted by atomic mass is 10.1. The molecule has 3 N–H and O–H groups in total. The molecular weight excluding hydrogens is 531 g/mol. The molecule has 0 bridgehead atoms. The van der Waals surface area contributed by atoms with Gasteiger partial charge in [0.1, 0.15) is 18.6 Å². The van der Waals surface area contributed by atoms with Gasteiger partial charge < -0.3 is 30.1 Å². The molecule has 1 aliphatic rings. The third-order valence-electron chi connectivity index (χ3n) is 6.18. The molecule has 39 heavy (non-hydrogen) atoms. The standard InChI is InChI=1S/C28H34F3N3O4S/c1-21-17-26(9-6-23(21)20-39(36)16-14-34(12-11-32)13-15-35)37-18-25-19-38-27(33(25)2)10-5-22-3-7-24(8-4-22)28(29,30)31/h3-12,17,19,27,35H,13-16,18,20,32H2,1-2H3/b10-5+,12-11-. The van der Waals surface area contributed by atoms with Crippen molar-refractivity contribution in [3.8, 4) is 5.75 Å². The number of nitrogens with zero attached hydrogens (tertiary/aromatic N) is 2. The van der Waals surface area contributed by atoms with E-state index in [0.29, 0.717) is 35.9 Å². The maximum Gasteiger partial charge on any atom is 0.416 e. The molecule has 212 valence electrons. The average Bonchev–Trinajstić information content (AvgIpc) is 3.25. The number of aryl methyl sites for hydroxylation is 1. The maximum atomic E-state index is 12.7. The van der Waals surface area contributed by atoms with Gasteiger partial charge in [-0.25, -0.2) is 0 Å². The number of hydrogen-bond donors (Lipinski definition) is 2. The molecule has 2 atom stereocenters. The summed E-state index contributed by atoms with van der Waals surface area (Å²) in [6.45, 7) is 3.17. The number of rotatable bonds is 13. The summed E-state index contributed by atoms with van der Waals surface area (Å²) in [4.78, 5) is 3.71. The summed E-state index contributed by atoms with van der Waals surface area (Å²) >= 11 is 0. The van der Waals surface area contributed by atoms with Crippen molar-refractivity contribution in [1.29, 1.82) is 0 Å². The Kier molecular flexibility index (Phi) is 10.9. The number of aliphatic hydroxyl groups excluding tert-OH is 1. The third-order valence-corrected chi connectivity index (χ3v) is 7.45. The van der Waals surface area contributed by atoms with E-state index in [1.54, 1.807) is 24.6 Å². The smallest absolute Gasteiger partial charge is 0.416 e. The SMILES string of the molecule is Cc1cc(OCC2=COC(/C=C/c3ccc(C(F)(F)F)cc3)N2C)ccc1CS(=O)CCN(/C=C\N)CCO. The number of nitrogens with two attached hydrogens (primary N) is 1. The fourth-order valence-electron chi connectivity index (χ4n) is 3.83. The Balaban J connectivity index is 1.48. The van der Waals surface area contributed by atoms with Crippen LogP contribution < -0.4 is 10.5 Å². The van der Waals surface area contributed by atoms with Crippen LogP contribution in [0.15, 0.2) is 72.9 Å². The van der Waals surface area contributed by atoms with Crippen LogP contribution in [0.3, 0.4) is 0 Å². The number of halogens is 3. The predicted octanol–water partition coefficient (Wildman–Crippen LogP) is 4.21. The molecule has 7 nitrogen and oxygen atoms in total. The minimum Gasteiger partial charge on any atom is -0.487 e. The lowest BCUT2D eigenvalue weighted by molar-refractivity contribution is -0.137. The van der Waals surface area contributed by atoms with Gasteiger partial charge in [0.05, 0.1) is 17.9 Å². The number of hydrogen-bond acceptors (Lipinski definition) is 7. The summed E-state index contributed by atoms with van der Waals surface area (Å²) in [6.07, 6.45) is 3.38. The van der Waals surface area contributed by atoms with Crippen LogP contribution in [0.5, 0.6) is 5.75 Å². The summed E-state index contributed by atoms with van der Waals surface area (Å²) in [6, 6.07) is 10.6. The second kappa shape index (κ2) is 14.1. The molecule has 11 heteroatoms. The van der Waals surface area contributed by atoms with E-state index >= 15 is 0 Å². The zero-order valence-corrected chi connectivity index (χ0v) is 22.8. The lowest BCUT2D eigenvalue weighted by Gasteiger charge is -2.21. The number of benzene rings is 2. The monoisotopic (exact) mass is 565 g/mol. The van der Waals surface area contributed by atoms with Gasteiger partial charge in [0.2, 0.25) is 0 Å². The molecule has 0 amide bonds. The molecule has 0 radical (unpaired) electrons. The number of likely N-dealkylation sites (N-methyl/N-ethyl adjacent to an activating group) is 1. The van der Waals surface area contributed by atoms with Crippen molar-refractivity contribution in [2.45, 2.75) is 25.1 Å². The minimum atomic E-state index is -4.36. The Labute approximate surface area is 229 Å². The van der Waals surface area contributed by atoms with Gasteiger partial charge in [-0.3, -0.25) is 4.21 Å². The Bertz CT molecular complexity index is 1200. The van der Waals surface area contributed by atoms with Crippen LogP contribution in [-0.4, -0.2) is 64.4 Å². The van der Waals surface area contributed by atoms with Crippen molar-refractivity contribution < 1.29 is 32.0 Å². The largest absolute Gasteiger partial charge is 0.487 e. The Morgan fingerprint density at radius 3 is 2.59 bits per heavy atom. The van der Waals surface area contributed by atoms with Crippen LogP contribution in [0.2, 0.25) is 0 Å². The van der Waals surface area contributed by atoms with Crippen LogP contribution in [-0.2, 0) is 27.5 Å². The molecule has 0 saturated carbocycles. The summed E-state index contributed by atoms with van der Waals surface area (Å²) < 4.78 is 62.4. The van der Waals surface area contributed by atoms with Crippen LogP contribution in [0.4, 0.5) is 13.2 Å². The highest BCUT2D eigenvalue weighted by Crippen LogP contribution is 2.29. The van der Waals surface area contributed by atoms with Gasteiger partial charge in [0.25, 0.3) is 0 Å². The first-order valence-corrected chi connectivity index (χ1v) is 13.8. The van der Waals surface area contributed by atoms with Crippen LogP contribution in [0, 0.1) is 6.92 Å². The second-order valence-corrected chi connectivity index (χ2v) is 10.6. The topological polar surface area (TPSA) is 88.3 Å². The third kappa shape index (κ3) is 9.07. The predicted molar refractivity (Wildman–Crippen MR) is 147 cm³/mol. The quantitative estimate of drug-likeness (QED) is 0.376. The summed E-state index contributed by atoms with van der Waals surface area (Å²) in [5.41, 5.74) is 8.11. The van der Waals surface area contributed by atoms with Crippen LogP contribution in [0.25, 0.3) is 6.08 Å². The highest BCUT2D eigenvalue weighted by Gasteiger charge is 2.30. The fourth-order valence-corrected chi connectivity index (χ4v) is 5.08. The van der Waals surface area contributed by atoms with Gasteiger partial charge in [-0.15, -0.1) is 0 Å². The van der Waals surface area contributed by atoms with Gasteiger partial charge in [-0.1, -0.05) is 24.3 Å². The minimum absolute atomic E-state index is 0.00352. The van der Waals surface area contributed by atoms with Crippen molar-refractivity contribution in [3.05, 3.63) is 95.2 Å². The fraction of sp³-hybridized carbons (Fsp3) is 0.357. The second-order valence-electron chi connectivity index (χ2n) is 8.99. The molecular formula is C28H34F3N3O4S. The van der Waals surface area contributed by atoms with Gasteiger partial charge in [0, 0.05) is 54.8 Å². The lowest BCUT2D eigenvalue weighted by Crippen LogP contribution is -2.27. The van der Waals surface area contributed by atoms with E-state index in [2.05, 4.69) is 0 Å². The van der Waals surface area contributed by atoms with Gasteiger partial charge in [0.15, 0.2) is 6.23 Å². The Morgan fingerprint density at radius 2 is 1.95 bits per heavy atom. The van der Waals surface area contributed by atoms with E-state index < -0.39 is 28.8 Å². The van der Waals surface area contributed by atoms with E-state index in [4.69, 9.17) is 20.3 Å². The zero-order valence-electron chi connectivity index (χ0n) is 21.9. The molecule has 0 aliphatic carbocycles. The Hall–Kier alpha value is -3.44. The normalized spacial score (nSPS) is 16.5. The molecule has 1 aliphatic heterocycles. The first kappa shape index (κ1) is 30.1. The maximum absolute atomic E-state index is 12.7. The molecule has 0 saturated heterocycles. The molecule has 2 aromatic rings. The highest BCUT2D eigenvalue weighted by molar-refractivity contribution is 7.84. The van der Waals surface area contributed by atoms with E-state index in [9.17, 15) is 17.4 Å². The zero-order chi connectivity index (χ0) is 28.4. The van der Waals surface area contributed by atoms with E-state index in [-0.39, 0.29) is 13.2 Å². The van der Waals surface area contributed by atoms with E-state index in [1.165, 1.54) is 18.3 Å². The number of ether oxygens (including phenoxy) is 2. The Morgan fingerprint density at radius 1 is 1.21 bits per heavy atom. The van der Waals surface area contributed by atoms with Gasteiger partial charge >= 0.3 is 6.18 Å². The van der Waals surface area contributed by atoms with Crippen molar-refractivity contribution >= 4 is 16.9 Å². The summed E-state index contributed by atoms with van der Waals surface area (Å²) in [5, 5.41) is 9.11. The van der Waals surface area contributed by atoms with Gasteiger partial charge in [-0.2, -0.15) is 13.2 Å². The van der Waals surface area contributed by atoms with Crippen molar-refractivity contribution in [2.75, 3.05) is 39.1 Å². The van der Waals surface area contributed by atoms with Crippen LogP contribution >= 0.6 is 0 Å². The van der Waals surface area contributed by atoms with Crippen molar-refractivity contribution in [2.24, 2.45) is 5.73 Å². The molecule has 0 aromatic heterocycles. The van der Waals surface area contributed by atoms with E-state index in [0.717, 1.165) is 29.0 Å². The number of alkyl halides is 3. The van der Waals surface area contributed by atoms with E-state index in [1.807, 2.05) is 42.0 Å². The molecule has 1 heterocycles. The number of aliphatic hydroxyl groups is 1. The molecule has 2 aromatic carbocycles.